The molecule has 0 saturated carbocycles. The number of rotatable bonds is 0. The number of carbonyl (C=O) groups is 2. The Labute approximate surface area is 49.2 Å². The normalized spacial score (nSPS) is 18.7. The molecule has 48 valence electrons. The highest BCUT2D eigenvalue weighted by atomic mass is 16.6. The molecule has 0 atom stereocenters. The average molecular weight is 130 g/mol. The minimum absolute atomic E-state index is 1.03. The molecule has 2 N–H and O–H groups in total. The molecule has 0 aliphatic carbocycles. The molecule has 5 heteroatoms. The topological polar surface area (TPSA) is 83.8 Å². The van der Waals surface area contributed by atoms with E-state index in [-0.39, 0.29) is 0 Å². The fourth-order valence-electron chi connectivity index (χ4n) is 0.374. The molecule has 0 unspecified atom stereocenters. The SMILES string of the molecule is O=C1OC(=O)C(O)=C1O. The molecule has 0 spiro atoms. The number of esters is 2. The molecule has 1 rings (SSSR count). The minimum Gasteiger partial charge on any atom is -0.499 e. The first-order valence-electron chi connectivity index (χ1n) is 2.01. The van der Waals surface area contributed by atoms with Crippen LogP contribution in [0.5, 0.6) is 0 Å². The van der Waals surface area contributed by atoms with E-state index in [1.807, 2.05) is 0 Å². The first kappa shape index (κ1) is 5.61. The maximum absolute atomic E-state index is 10.1. The van der Waals surface area contributed by atoms with Gasteiger partial charge in [0.05, 0.1) is 0 Å². The van der Waals surface area contributed by atoms with Gasteiger partial charge in [-0.25, -0.2) is 9.59 Å². The van der Waals surface area contributed by atoms with Crippen LogP contribution in [0.2, 0.25) is 0 Å². The summed E-state index contributed by atoms with van der Waals surface area (Å²) in [6, 6.07) is 0. The molecule has 0 amide bonds. The number of cyclic esters (lactones) is 2. The monoisotopic (exact) mass is 130 g/mol. The van der Waals surface area contributed by atoms with Crippen molar-refractivity contribution in [3.8, 4) is 0 Å². The molecule has 9 heavy (non-hydrogen) atoms. The molecule has 1 heterocycles. The Bertz CT molecular complexity index is 191. The molecule has 0 aromatic carbocycles. The third-order valence-corrected chi connectivity index (χ3v) is 0.796. The van der Waals surface area contributed by atoms with Crippen LogP contribution in [-0.4, -0.2) is 22.2 Å². The maximum atomic E-state index is 10.1. The van der Waals surface area contributed by atoms with Crippen molar-refractivity contribution in [3.63, 3.8) is 0 Å². The van der Waals surface area contributed by atoms with Crippen LogP contribution in [-0.2, 0) is 14.3 Å². The third kappa shape index (κ3) is 0.620. The predicted molar refractivity (Wildman–Crippen MR) is 23.4 cm³/mol. The lowest BCUT2D eigenvalue weighted by atomic mass is 10.4. The van der Waals surface area contributed by atoms with E-state index in [4.69, 9.17) is 10.2 Å². The van der Waals surface area contributed by atoms with Gasteiger partial charge in [-0.1, -0.05) is 0 Å². The van der Waals surface area contributed by atoms with Gasteiger partial charge >= 0.3 is 11.9 Å². The number of aliphatic hydroxyl groups is 2. The number of carbonyl (C=O) groups excluding carboxylic acids is 2. The summed E-state index contributed by atoms with van der Waals surface area (Å²) in [5.41, 5.74) is 0. The lowest BCUT2D eigenvalue weighted by Crippen LogP contribution is -2.01. The van der Waals surface area contributed by atoms with Gasteiger partial charge in [0, 0.05) is 0 Å². The summed E-state index contributed by atoms with van der Waals surface area (Å²) in [6.45, 7) is 0. The highest BCUT2D eigenvalue weighted by molar-refractivity contribution is 6.09. The van der Waals surface area contributed by atoms with Gasteiger partial charge in [0.15, 0.2) is 0 Å². The van der Waals surface area contributed by atoms with Gasteiger partial charge in [0.1, 0.15) is 0 Å². The molecule has 0 aromatic heterocycles. The molecule has 0 aromatic rings. The smallest absolute Gasteiger partial charge is 0.385 e. The lowest BCUT2D eigenvalue weighted by Gasteiger charge is -1.82. The van der Waals surface area contributed by atoms with Crippen LogP contribution in [0.15, 0.2) is 11.5 Å². The van der Waals surface area contributed by atoms with Crippen molar-refractivity contribution in [1.29, 1.82) is 0 Å². The zero-order valence-corrected chi connectivity index (χ0v) is 4.12. The van der Waals surface area contributed by atoms with Gasteiger partial charge in [-0.3, -0.25) is 0 Å². The fraction of sp³-hybridized carbons (Fsp3) is 0. The summed E-state index contributed by atoms with van der Waals surface area (Å²) in [4.78, 5) is 20.2. The highest BCUT2D eigenvalue weighted by Gasteiger charge is 2.32. The van der Waals surface area contributed by atoms with Crippen LogP contribution in [0.25, 0.3) is 0 Å². The zero-order chi connectivity index (χ0) is 7.02. The molecule has 0 fully saturated rings. The summed E-state index contributed by atoms with van der Waals surface area (Å²) in [6.07, 6.45) is 0. The largest absolute Gasteiger partial charge is 0.499 e. The van der Waals surface area contributed by atoms with Crippen molar-refractivity contribution in [3.05, 3.63) is 11.5 Å². The van der Waals surface area contributed by atoms with Crippen LogP contribution in [0.3, 0.4) is 0 Å². The highest BCUT2D eigenvalue weighted by Crippen LogP contribution is 2.10. The van der Waals surface area contributed by atoms with Gasteiger partial charge in [0.25, 0.3) is 11.5 Å². The van der Waals surface area contributed by atoms with E-state index in [2.05, 4.69) is 4.74 Å². The Morgan fingerprint density at radius 2 is 1.33 bits per heavy atom. The molecular formula is C4H2O5. The van der Waals surface area contributed by atoms with E-state index in [0.29, 0.717) is 0 Å². The molecule has 0 saturated heterocycles. The van der Waals surface area contributed by atoms with Gasteiger partial charge < -0.3 is 14.9 Å². The summed E-state index contributed by atoms with van der Waals surface area (Å²) in [5.74, 6) is -4.48. The second kappa shape index (κ2) is 1.48. The number of hydrogen-bond acceptors (Lipinski definition) is 5. The average Bonchev–Trinajstić information content (AvgIpc) is 1.98. The van der Waals surface area contributed by atoms with Crippen molar-refractivity contribution in [2.45, 2.75) is 0 Å². The van der Waals surface area contributed by atoms with E-state index in [9.17, 15) is 9.59 Å². The Morgan fingerprint density at radius 1 is 1.00 bits per heavy atom. The van der Waals surface area contributed by atoms with Crippen molar-refractivity contribution in [2.24, 2.45) is 0 Å². The van der Waals surface area contributed by atoms with E-state index >= 15 is 0 Å². The molecule has 1 aliphatic heterocycles. The second-order valence-electron chi connectivity index (χ2n) is 1.37. The number of aliphatic hydroxyl groups excluding tert-OH is 2. The summed E-state index contributed by atoms with van der Waals surface area (Å²) in [5, 5.41) is 16.7. The first-order valence-corrected chi connectivity index (χ1v) is 2.01. The van der Waals surface area contributed by atoms with Crippen molar-refractivity contribution in [1.82, 2.24) is 0 Å². The molecule has 1 aliphatic rings. The number of ether oxygens (including phenoxy) is 1. The van der Waals surface area contributed by atoms with Crippen LogP contribution >= 0.6 is 0 Å². The summed E-state index contributed by atoms with van der Waals surface area (Å²) >= 11 is 0. The molecule has 0 radical (unpaired) electrons. The quantitative estimate of drug-likeness (QED) is 0.337. The minimum atomic E-state index is -1.21. The second-order valence-corrected chi connectivity index (χ2v) is 1.37. The summed E-state index contributed by atoms with van der Waals surface area (Å²) in [7, 11) is 0. The van der Waals surface area contributed by atoms with E-state index < -0.39 is 23.5 Å². The van der Waals surface area contributed by atoms with E-state index in [0.717, 1.165) is 0 Å². The lowest BCUT2D eigenvalue weighted by molar-refractivity contribution is -0.153. The van der Waals surface area contributed by atoms with Gasteiger partial charge in [-0.15, -0.1) is 0 Å². The molecule has 5 nitrogen and oxygen atoms in total. The van der Waals surface area contributed by atoms with Crippen LogP contribution in [0.1, 0.15) is 0 Å². The Morgan fingerprint density at radius 3 is 1.44 bits per heavy atom. The van der Waals surface area contributed by atoms with Gasteiger partial charge in [-0.2, -0.15) is 0 Å². The van der Waals surface area contributed by atoms with Crippen molar-refractivity contribution in [2.75, 3.05) is 0 Å². The molecular weight excluding hydrogens is 128 g/mol. The number of hydrogen-bond donors (Lipinski definition) is 2. The van der Waals surface area contributed by atoms with Crippen LogP contribution < -0.4 is 0 Å². The fourth-order valence-corrected chi connectivity index (χ4v) is 0.374. The van der Waals surface area contributed by atoms with E-state index in [1.165, 1.54) is 0 Å². The Balaban J connectivity index is 3.06. The van der Waals surface area contributed by atoms with E-state index in [1.54, 1.807) is 0 Å². The standard InChI is InChI=1S/C4H2O5/c5-1-2(6)4(8)9-3(1)7/h5-6H. The maximum Gasteiger partial charge on any atom is 0.385 e. The van der Waals surface area contributed by atoms with Crippen molar-refractivity contribution < 1.29 is 24.5 Å². The van der Waals surface area contributed by atoms with Gasteiger partial charge in [0.2, 0.25) is 0 Å². The summed E-state index contributed by atoms with van der Waals surface area (Å²) < 4.78 is 3.73. The predicted octanol–water partition coefficient (Wildman–Crippen LogP) is -0.603. The third-order valence-electron chi connectivity index (χ3n) is 0.796. The Hall–Kier alpha value is -1.52. The van der Waals surface area contributed by atoms with Crippen molar-refractivity contribution >= 4 is 11.9 Å². The van der Waals surface area contributed by atoms with Gasteiger partial charge in [-0.05, 0) is 0 Å². The molecule has 0 bridgehead atoms. The zero-order valence-electron chi connectivity index (χ0n) is 4.12. The Kier molecular flexibility index (Phi) is 0.921. The van der Waals surface area contributed by atoms with Crippen LogP contribution in [0, 0.1) is 0 Å². The first-order chi connectivity index (χ1) is 4.13. The van der Waals surface area contributed by atoms with Crippen LogP contribution in [0.4, 0.5) is 0 Å².